The highest BCUT2D eigenvalue weighted by atomic mass is 16.7. The molecule has 0 atom stereocenters. The monoisotopic (exact) mass is 646 g/mol. The van der Waals surface area contributed by atoms with E-state index in [1.165, 1.54) is 38.5 Å². The van der Waals surface area contributed by atoms with Crippen molar-refractivity contribution in [3.8, 4) is 12.0 Å². The van der Waals surface area contributed by atoms with Gasteiger partial charge in [0, 0.05) is 54.4 Å². The molecule has 1 aromatic rings. The van der Waals surface area contributed by atoms with Crippen molar-refractivity contribution < 1.29 is 24.3 Å². The van der Waals surface area contributed by atoms with Crippen LogP contribution in [0.1, 0.15) is 145 Å². The summed E-state index contributed by atoms with van der Waals surface area (Å²) in [6, 6.07) is 0.473. The van der Waals surface area contributed by atoms with Gasteiger partial charge in [0.1, 0.15) is 12.2 Å². The number of aromatic nitrogens is 3. The third-order valence-electron chi connectivity index (χ3n) is 10.3. The van der Waals surface area contributed by atoms with E-state index in [1.807, 2.05) is 0 Å². The number of aliphatic hydroxyl groups excluding tert-OH is 1. The molecule has 1 aromatic heterocycles. The van der Waals surface area contributed by atoms with Crippen molar-refractivity contribution in [1.82, 2.24) is 25.1 Å². The zero-order valence-electron chi connectivity index (χ0n) is 29.9. The van der Waals surface area contributed by atoms with Crippen LogP contribution in [0.15, 0.2) is 0 Å². The van der Waals surface area contributed by atoms with Crippen LogP contribution in [0.4, 0.5) is 5.95 Å². The third kappa shape index (κ3) is 8.81. The van der Waals surface area contributed by atoms with E-state index in [2.05, 4.69) is 85.8 Å². The second kappa shape index (κ2) is 14.4. The van der Waals surface area contributed by atoms with E-state index in [4.69, 9.17) is 19.1 Å². The van der Waals surface area contributed by atoms with Crippen LogP contribution in [0.3, 0.4) is 0 Å². The molecule has 11 heteroatoms. The number of aliphatic hydroxyl groups is 1. The minimum Gasteiger partial charge on any atom is -0.460 e. The summed E-state index contributed by atoms with van der Waals surface area (Å²) in [5, 5.41) is 17.0. The molecule has 4 aliphatic rings. The van der Waals surface area contributed by atoms with Crippen LogP contribution < -0.4 is 14.8 Å². The molecule has 2 saturated carbocycles. The minimum atomic E-state index is -0.237. The van der Waals surface area contributed by atoms with Gasteiger partial charge in [-0.2, -0.15) is 20.1 Å². The van der Waals surface area contributed by atoms with E-state index in [0.29, 0.717) is 12.5 Å². The molecular formula is C35H62N6O5. The Hall–Kier alpha value is -1.79. The van der Waals surface area contributed by atoms with Crippen LogP contribution in [-0.4, -0.2) is 89.9 Å². The molecule has 46 heavy (non-hydrogen) atoms. The summed E-state index contributed by atoms with van der Waals surface area (Å²) in [6.45, 7) is 18.1. The van der Waals surface area contributed by atoms with Gasteiger partial charge in [-0.15, -0.1) is 4.98 Å². The first-order valence-corrected chi connectivity index (χ1v) is 18.1. The summed E-state index contributed by atoms with van der Waals surface area (Å²) < 4.78 is 13.1. The molecule has 2 aliphatic carbocycles. The molecule has 0 unspecified atom stereocenters. The van der Waals surface area contributed by atoms with Gasteiger partial charge in [0.15, 0.2) is 0 Å². The lowest BCUT2D eigenvalue weighted by molar-refractivity contribution is -0.316. The average molecular weight is 647 g/mol. The maximum atomic E-state index is 9.47. The van der Waals surface area contributed by atoms with Gasteiger partial charge in [-0.25, -0.2) is 0 Å². The van der Waals surface area contributed by atoms with E-state index in [1.54, 1.807) is 0 Å². The van der Waals surface area contributed by atoms with Gasteiger partial charge in [-0.05, 0) is 81.1 Å². The number of hydrogen-bond acceptors (Lipinski definition) is 11. The van der Waals surface area contributed by atoms with Gasteiger partial charge in [-0.1, -0.05) is 38.5 Å². The number of hydrogen-bond donors (Lipinski definition) is 2. The molecule has 0 amide bonds. The largest absolute Gasteiger partial charge is 0.460 e. The zero-order valence-corrected chi connectivity index (χ0v) is 29.9. The van der Waals surface area contributed by atoms with Gasteiger partial charge < -0.3 is 19.9 Å². The fourth-order valence-corrected chi connectivity index (χ4v) is 8.71. The molecule has 2 saturated heterocycles. The van der Waals surface area contributed by atoms with Gasteiger partial charge in [0.2, 0.25) is 5.95 Å². The van der Waals surface area contributed by atoms with Gasteiger partial charge in [-0.3, -0.25) is 9.68 Å². The van der Waals surface area contributed by atoms with E-state index >= 15 is 0 Å². The molecule has 5 rings (SSSR count). The molecule has 4 fully saturated rings. The van der Waals surface area contributed by atoms with Crippen LogP contribution in [0.5, 0.6) is 12.0 Å². The Morgan fingerprint density at radius 3 is 1.30 bits per heavy atom. The maximum Gasteiger partial charge on any atom is 0.324 e. The van der Waals surface area contributed by atoms with Gasteiger partial charge in [0.25, 0.3) is 0 Å². The number of nitrogens with one attached hydrogen (secondary N) is 1. The number of piperidine rings is 2. The predicted molar refractivity (Wildman–Crippen MR) is 179 cm³/mol. The number of anilines is 1. The molecule has 0 bridgehead atoms. The lowest BCUT2D eigenvalue weighted by atomic mass is 9.80. The Morgan fingerprint density at radius 2 is 0.957 bits per heavy atom. The Kier molecular flexibility index (Phi) is 11.1. The van der Waals surface area contributed by atoms with E-state index < -0.39 is 0 Å². The van der Waals surface area contributed by atoms with E-state index in [-0.39, 0.29) is 65.2 Å². The highest BCUT2D eigenvalue weighted by Gasteiger charge is 2.50. The number of nitrogens with zero attached hydrogens (tertiary/aromatic N) is 5. The second-order valence-corrected chi connectivity index (χ2v) is 16.7. The first kappa shape index (κ1) is 35.5. The SMILES string of the molecule is CC1(C)CC(Oc2nc(NCCO)nc(OC3CC(C)(C)N(OC4CCCCC4)C(C)(C)C3)n2)CC(C)(C)N1OC1CCCCC1. The fourth-order valence-electron chi connectivity index (χ4n) is 8.71. The van der Waals surface area contributed by atoms with Crippen molar-refractivity contribution in [2.75, 3.05) is 18.5 Å². The van der Waals surface area contributed by atoms with Crippen LogP contribution in [0, 0.1) is 0 Å². The van der Waals surface area contributed by atoms with E-state index in [9.17, 15) is 5.11 Å². The summed E-state index contributed by atoms with van der Waals surface area (Å²) in [6.07, 6.45) is 15.5. The van der Waals surface area contributed by atoms with Crippen LogP contribution in [0.2, 0.25) is 0 Å². The van der Waals surface area contributed by atoms with Crippen molar-refractivity contribution in [2.24, 2.45) is 0 Å². The highest BCUT2D eigenvalue weighted by molar-refractivity contribution is 5.27. The molecule has 262 valence electrons. The van der Waals surface area contributed by atoms with Crippen LogP contribution in [-0.2, 0) is 9.68 Å². The van der Waals surface area contributed by atoms with Crippen molar-refractivity contribution in [3.63, 3.8) is 0 Å². The summed E-state index contributed by atoms with van der Waals surface area (Å²) in [7, 11) is 0. The normalized spacial score (nSPS) is 26.5. The smallest absolute Gasteiger partial charge is 0.324 e. The van der Waals surface area contributed by atoms with Crippen molar-refractivity contribution in [2.45, 2.75) is 192 Å². The highest BCUT2D eigenvalue weighted by Crippen LogP contribution is 2.43. The lowest BCUT2D eigenvalue weighted by Gasteiger charge is -2.54. The first-order valence-electron chi connectivity index (χ1n) is 18.1. The Bertz CT molecular complexity index is 1020. The average Bonchev–Trinajstić information content (AvgIpc) is 2.96. The molecule has 11 nitrogen and oxygen atoms in total. The lowest BCUT2D eigenvalue weighted by Crippen LogP contribution is -2.63. The fraction of sp³-hybridized carbons (Fsp3) is 0.914. The number of rotatable bonds is 11. The predicted octanol–water partition coefficient (Wildman–Crippen LogP) is 6.61. The van der Waals surface area contributed by atoms with Crippen molar-refractivity contribution >= 4 is 5.95 Å². The number of hydroxylamine groups is 4. The quantitative estimate of drug-likeness (QED) is 0.271. The molecule has 0 aromatic carbocycles. The molecule has 0 spiro atoms. The second-order valence-electron chi connectivity index (χ2n) is 16.7. The summed E-state index contributed by atoms with van der Waals surface area (Å²) in [5.74, 6) is 0.335. The van der Waals surface area contributed by atoms with Crippen LogP contribution in [0.25, 0.3) is 0 Å². The molecule has 3 heterocycles. The molecular weight excluding hydrogens is 584 g/mol. The molecule has 0 radical (unpaired) electrons. The minimum absolute atomic E-state index is 0.0400. The summed E-state index contributed by atoms with van der Waals surface area (Å²) >= 11 is 0. The van der Waals surface area contributed by atoms with Crippen LogP contribution >= 0.6 is 0 Å². The maximum absolute atomic E-state index is 9.47. The standard InChI is InChI=1S/C35H62N6O5/c1-32(2)21-27(22-33(3,4)40(32)45-25-15-11-9-12-16-25)43-30-37-29(36-19-20-42)38-31(39-30)44-28-23-34(5,6)41(35(7,8)24-28)46-26-17-13-10-14-18-26/h25-28,42H,9-24H2,1-8H3,(H,36,37,38,39). The summed E-state index contributed by atoms with van der Waals surface area (Å²) in [5.41, 5.74) is -0.948. The Morgan fingerprint density at radius 1 is 0.587 bits per heavy atom. The van der Waals surface area contributed by atoms with Crippen molar-refractivity contribution in [3.05, 3.63) is 0 Å². The Labute approximate surface area is 277 Å². The van der Waals surface area contributed by atoms with Crippen molar-refractivity contribution in [1.29, 1.82) is 0 Å². The number of ether oxygens (including phenoxy) is 2. The zero-order chi connectivity index (χ0) is 33.2. The van der Waals surface area contributed by atoms with Gasteiger partial charge >= 0.3 is 12.0 Å². The van der Waals surface area contributed by atoms with Gasteiger partial charge in [0.05, 0.1) is 18.8 Å². The Balaban J connectivity index is 1.29. The molecule has 2 N–H and O–H groups in total. The first-order chi connectivity index (χ1) is 21.7. The third-order valence-corrected chi connectivity index (χ3v) is 10.3. The topological polar surface area (TPSA) is 114 Å². The molecule has 2 aliphatic heterocycles. The summed E-state index contributed by atoms with van der Waals surface area (Å²) in [4.78, 5) is 27.2. The van der Waals surface area contributed by atoms with E-state index in [0.717, 1.165) is 51.4 Å².